The summed E-state index contributed by atoms with van der Waals surface area (Å²) >= 11 is 0. The molecule has 0 radical (unpaired) electrons. The number of aromatic nitrogens is 1. The zero-order chi connectivity index (χ0) is 16.1. The molecule has 0 bridgehead atoms. The lowest BCUT2D eigenvalue weighted by molar-refractivity contribution is 0.160. The Morgan fingerprint density at radius 1 is 1.24 bits per heavy atom. The topological polar surface area (TPSA) is 41.3 Å². The molecular formula is C18H26Cl2FN3O. The molecule has 3 rings (SSSR count). The smallest absolute Gasteiger partial charge is 0.209 e. The molecule has 1 aliphatic rings. The van der Waals surface area contributed by atoms with E-state index >= 15 is 0 Å². The second-order valence-electron chi connectivity index (χ2n) is 6.21. The van der Waals surface area contributed by atoms with Crippen LogP contribution in [0.2, 0.25) is 0 Å². The monoisotopic (exact) mass is 389 g/mol. The predicted molar refractivity (Wildman–Crippen MR) is 103 cm³/mol. The summed E-state index contributed by atoms with van der Waals surface area (Å²) < 4.78 is 19.5. The minimum atomic E-state index is -0.277. The van der Waals surface area contributed by atoms with Gasteiger partial charge in [0.1, 0.15) is 5.82 Å². The van der Waals surface area contributed by atoms with Crippen molar-refractivity contribution in [2.24, 2.45) is 5.92 Å². The van der Waals surface area contributed by atoms with Crippen LogP contribution >= 0.6 is 24.8 Å². The van der Waals surface area contributed by atoms with Gasteiger partial charge in [-0.1, -0.05) is 12.1 Å². The van der Waals surface area contributed by atoms with Gasteiger partial charge in [0.25, 0.3) is 0 Å². The maximum Gasteiger partial charge on any atom is 0.209 e. The Balaban J connectivity index is 0.00000156. The predicted octanol–water partition coefficient (Wildman–Crippen LogP) is 4.15. The molecule has 2 heterocycles. The number of halogens is 3. The van der Waals surface area contributed by atoms with E-state index in [-0.39, 0.29) is 30.6 Å². The van der Waals surface area contributed by atoms with Crippen molar-refractivity contribution in [1.82, 2.24) is 15.2 Å². The van der Waals surface area contributed by atoms with Crippen molar-refractivity contribution in [3.8, 4) is 11.3 Å². The summed E-state index contributed by atoms with van der Waals surface area (Å²) in [4.78, 5) is 6.68. The number of nitrogens with one attached hydrogen (secondary N) is 1. The Hall–Kier alpha value is -1.14. The summed E-state index contributed by atoms with van der Waals surface area (Å²) in [6.45, 7) is 3.95. The molecule has 140 valence electrons. The van der Waals surface area contributed by atoms with E-state index in [1.54, 1.807) is 24.4 Å². The van der Waals surface area contributed by atoms with E-state index in [0.717, 1.165) is 25.6 Å². The van der Waals surface area contributed by atoms with Crippen molar-refractivity contribution in [2.45, 2.75) is 25.8 Å². The van der Waals surface area contributed by atoms with E-state index in [1.165, 1.54) is 25.3 Å². The van der Waals surface area contributed by atoms with E-state index < -0.39 is 0 Å². The van der Waals surface area contributed by atoms with E-state index in [0.29, 0.717) is 23.8 Å². The third kappa shape index (κ3) is 5.96. The molecule has 4 nitrogen and oxygen atoms in total. The van der Waals surface area contributed by atoms with Gasteiger partial charge < -0.3 is 9.73 Å². The van der Waals surface area contributed by atoms with E-state index in [9.17, 15) is 4.39 Å². The van der Waals surface area contributed by atoms with Crippen LogP contribution in [0, 0.1) is 11.7 Å². The first kappa shape index (κ1) is 21.9. The average Bonchev–Trinajstić information content (AvgIpc) is 3.03. The molecule has 0 atom stereocenters. The highest BCUT2D eigenvalue weighted by atomic mass is 35.5. The summed E-state index contributed by atoms with van der Waals surface area (Å²) in [5.41, 5.74) is 0.469. The first-order chi connectivity index (χ1) is 11.3. The largest absolute Gasteiger partial charge is 0.439 e. The maximum absolute atomic E-state index is 13.8. The molecule has 0 unspecified atom stereocenters. The fraction of sp³-hybridized carbons (Fsp3) is 0.500. The first-order valence-corrected chi connectivity index (χ1v) is 8.33. The number of hydrogen-bond acceptors (Lipinski definition) is 4. The second kappa shape index (κ2) is 10.8. The summed E-state index contributed by atoms with van der Waals surface area (Å²) in [5, 5.41) is 3.22. The van der Waals surface area contributed by atoms with E-state index in [2.05, 4.69) is 15.2 Å². The van der Waals surface area contributed by atoms with Crippen molar-refractivity contribution >= 4 is 24.8 Å². The Morgan fingerprint density at radius 3 is 2.64 bits per heavy atom. The van der Waals surface area contributed by atoms with Crippen LogP contribution in [0.5, 0.6) is 0 Å². The van der Waals surface area contributed by atoms with Gasteiger partial charge in [0.2, 0.25) is 5.89 Å². The quantitative estimate of drug-likeness (QED) is 0.805. The summed E-state index contributed by atoms with van der Waals surface area (Å²) in [6.07, 6.45) is 5.32. The SMILES string of the molecule is CNCCC1CCN(Cc2ncc(-c3ccccc3F)o2)CC1.Cl.Cl. The highest BCUT2D eigenvalue weighted by molar-refractivity contribution is 5.85. The van der Waals surface area contributed by atoms with Crippen molar-refractivity contribution in [3.05, 3.63) is 42.2 Å². The van der Waals surface area contributed by atoms with Crippen molar-refractivity contribution < 1.29 is 8.81 Å². The van der Waals surface area contributed by atoms with Gasteiger partial charge in [0.05, 0.1) is 18.3 Å². The number of rotatable bonds is 6. The van der Waals surface area contributed by atoms with E-state index in [1.807, 2.05) is 7.05 Å². The third-order valence-electron chi connectivity index (χ3n) is 4.56. The summed E-state index contributed by atoms with van der Waals surface area (Å²) in [6, 6.07) is 6.63. The number of likely N-dealkylation sites (tertiary alicyclic amines) is 1. The summed E-state index contributed by atoms with van der Waals surface area (Å²) in [7, 11) is 2.00. The summed E-state index contributed by atoms with van der Waals surface area (Å²) in [5.74, 6) is 1.71. The molecule has 1 aliphatic heterocycles. The van der Waals surface area contributed by atoms with Gasteiger partial charge in [-0.3, -0.25) is 4.90 Å². The Labute approximate surface area is 161 Å². The molecular weight excluding hydrogens is 364 g/mol. The molecule has 1 fully saturated rings. The molecule has 1 aromatic heterocycles. The Bertz CT molecular complexity index is 630. The molecule has 1 aromatic carbocycles. The van der Waals surface area contributed by atoms with Crippen LogP contribution in [-0.2, 0) is 6.54 Å². The number of oxazole rings is 1. The van der Waals surface area contributed by atoms with Crippen LogP contribution < -0.4 is 5.32 Å². The van der Waals surface area contributed by atoms with Crippen LogP contribution in [0.4, 0.5) is 4.39 Å². The molecule has 0 saturated carbocycles. The standard InChI is InChI=1S/C18H24FN3O.2ClH/c1-20-9-6-14-7-10-22(11-8-14)13-18-21-12-17(23-18)15-4-2-3-5-16(15)19;;/h2-5,12,14,20H,6-11,13H2,1H3;2*1H. The third-order valence-corrected chi connectivity index (χ3v) is 4.56. The van der Waals surface area contributed by atoms with E-state index in [4.69, 9.17) is 4.42 Å². The lowest BCUT2D eigenvalue weighted by Gasteiger charge is -2.31. The van der Waals surface area contributed by atoms with Crippen LogP contribution in [0.1, 0.15) is 25.2 Å². The zero-order valence-electron chi connectivity index (χ0n) is 14.4. The zero-order valence-corrected chi connectivity index (χ0v) is 16.0. The Morgan fingerprint density at radius 2 is 1.96 bits per heavy atom. The lowest BCUT2D eigenvalue weighted by Crippen LogP contribution is -2.34. The van der Waals surface area contributed by atoms with Gasteiger partial charge in [-0.25, -0.2) is 9.37 Å². The number of piperidine rings is 1. The second-order valence-corrected chi connectivity index (χ2v) is 6.21. The molecule has 2 aromatic rings. The average molecular weight is 390 g/mol. The van der Waals surface area contributed by atoms with Gasteiger partial charge in [0, 0.05) is 0 Å². The minimum Gasteiger partial charge on any atom is -0.439 e. The maximum atomic E-state index is 13.8. The molecule has 0 spiro atoms. The van der Waals surface area contributed by atoms with Crippen molar-refractivity contribution in [2.75, 3.05) is 26.7 Å². The molecule has 1 N–H and O–H groups in total. The van der Waals surface area contributed by atoms with Gasteiger partial charge in [-0.15, -0.1) is 24.8 Å². The highest BCUT2D eigenvalue weighted by Crippen LogP contribution is 2.25. The van der Waals surface area contributed by atoms with Gasteiger partial charge >= 0.3 is 0 Å². The fourth-order valence-corrected chi connectivity index (χ4v) is 3.14. The van der Waals surface area contributed by atoms with Crippen LogP contribution in [-0.4, -0.2) is 36.6 Å². The molecule has 25 heavy (non-hydrogen) atoms. The molecule has 1 saturated heterocycles. The van der Waals surface area contributed by atoms with Crippen LogP contribution in [0.15, 0.2) is 34.9 Å². The lowest BCUT2D eigenvalue weighted by atomic mass is 9.93. The molecule has 0 aliphatic carbocycles. The van der Waals surface area contributed by atoms with Crippen molar-refractivity contribution in [1.29, 1.82) is 0 Å². The first-order valence-electron chi connectivity index (χ1n) is 8.33. The van der Waals surface area contributed by atoms with Gasteiger partial charge in [-0.2, -0.15) is 0 Å². The molecule has 7 heteroatoms. The number of hydrogen-bond donors (Lipinski definition) is 1. The number of nitrogens with zero attached hydrogens (tertiary/aromatic N) is 2. The fourth-order valence-electron chi connectivity index (χ4n) is 3.14. The minimum absolute atomic E-state index is 0. The number of benzene rings is 1. The van der Waals surface area contributed by atoms with Crippen LogP contribution in [0.3, 0.4) is 0 Å². The Kier molecular flexibility index (Phi) is 9.43. The van der Waals surface area contributed by atoms with Gasteiger partial charge in [-0.05, 0) is 64.0 Å². The van der Waals surface area contributed by atoms with Gasteiger partial charge in [0.15, 0.2) is 5.76 Å². The highest BCUT2D eigenvalue weighted by Gasteiger charge is 2.20. The van der Waals surface area contributed by atoms with Crippen LogP contribution in [0.25, 0.3) is 11.3 Å². The molecule has 0 amide bonds. The normalized spacial score (nSPS) is 15.4. The van der Waals surface area contributed by atoms with Crippen molar-refractivity contribution in [3.63, 3.8) is 0 Å².